The van der Waals surface area contributed by atoms with Gasteiger partial charge in [0.05, 0.1) is 6.61 Å². The third kappa shape index (κ3) is 2.54. The average Bonchev–Trinajstić information content (AvgIpc) is 3.07. The predicted molar refractivity (Wildman–Crippen MR) is 74.0 cm³/mol. The summed E-state index contributed by atoms with van der Waals surface area (Å²) in [6, 6.07) is 7.14. The van der Waals surface area contributed by atoms with E-state index >= 15 is 0 Å². The molecule has 2 aliphatic rings. The molecule has 1 aromatic carbocycles. The second kappa shape index (κ2) is 5.31. The monoisotopic (exact) mass is 245 g/mol. The second-order valence-electron chi connectivity index (χ2n) is 5.62. The molecule has 1 saturated carbocycles. The maximum Gasteiger partial charge on any atom is 0.127 e. The topological polar surface area (TPSA) is 21.3 Å². The van der Waals surface area contributed by atoms with E-state index in [0.717, 1.165) is 25.5 Å². The maximum atomic E-state index is 5.85. The summed E-state index contributed by atoms with van der Waals surface area (Å²) in [5.41, 5.74) is 2.79. The summed E-state index contributed by atoms with van der Waals surface area (Å²) in [6.07, 6.45) is 6.38. The van der Waals surface area contributed by atoms with Gasteiger partial charge in [-0.1, -0.05) is 38.0 Å². The Morgan fingerprint density at radius 3 is 3.06 bits per heavy atom. The van der Waals surface area contributed by atoms with Gasteiger partial charge in [0.2, 0.25) is 0 Å². The lowest BCUT2D eigenvalue weighted by atomic mass is 9.97. The number of benzene rings is 1. The lowest BCUT2D eigenvalue weighted by Crippen LogP contribution is -2.23. The zero-order valence-corrected chi connectivity index (χ0v) is 11.2. The molecule has 1 heterocycles. The fourth-order valence-corrected chi connectivity index (χ4v) is 2.84. The van der Waals surface area contributed by atoms with E-state index in [-0.39, 0.29) is 0 Å². The summed E-state index contributed by atoms with van der Waals surface area (Å²) in [5, 5.41) is 3.71. The molecule has 3 rings (SSSR count). The lowest BCUT2D eigenvalue weighted by Gasteiger charge is -2.21. The van der Waals surface area contributed by atoms with Crippen LogP contribution in [-0.2, 0) is 6.42 Å². The zero-order valence-electron chi connectivity index (χ0n) is 11.2. The quantitative estimate of drug-likeness (QED) is 0.828. The summed E-state index contributed by atoms with van der Waals surface area (Å²) in [5.74, 6) is 2.11. The van der Waals surface area contributed by atoms with E-state index in [1.54, 1.807) is 0 Å². The van der Waals surface area contributed by atoms with Crippen molar-refractivity contribution in [2.45, 2.75) is 45.1 Å². The van der Waals surface area contributed by atoms with Crippen LogP contribution >= 0.6 is 0 Å². The van der Waals surface area contributed by atoms with Crippen molar-refractivity contribution in [3.63, 3.8) is 0 Å². The van der Waals surface area contributed by atoms with Crippen molar-refractivity contribution in [3.8, 4) is 5.75 Å². The number of rotatable bonds is 6. The molecule has 1 atom stereocenters. The number of hydrogen-bond acceptors (Lipinski definition) is 2. The summed E-state index contributed by atoms with van der Waals surface area (Å²) in [7, 11) is 0. The highest BCUT2D eigenvalue weighted by atomic mass is 16.5. The first-order chi connectivity index (χ1) is 8.88. The molecule has 0 aromatic heterocycles. The molecule has 0 saturated heterocycles. The van der Waals surface area contributed by atoms with Gasteiger partial charge in [-0.3, -0.25) is 0 Å². The molecule has 18 heavy (non-hydrogen) atoms. The number of ether oxygens (including phenoxy) is 1. The Bertz CT molecular complexity index is 412. The number of nitrogens with one attached hydrogen (secondary N) is 1. The molecule has 1 fully saturated rings. The Kier molecular flexibility index (Phi) is 3.55. The minimum atomic E-state index is 0.491. The fourth-order valence-electron chi connectivity index (χ4n) is 2.84. The minimum absolute atomic E-state index is 0.491. The van der Waals surface area contributed by atoms with Gasteiger partial charge in [-0.15, -0.1) is 0 Å². The van der Waals surface area contributed by atoms with Gasteiger partial charge >= 0.3 is 0 Å². The van der Waals surface area contributed by atoms with Gasteiger partial charge in [0.1, 0.15) is 5.75 Å². The molecule has 1 N–H and O–H groups in total. The normalized spacial score (nSPS) is 19.4. The molecule has 1 aromatic rings. The number of para-hydroxylation sites is 1. The van der Waals surface area contributed by atoms with Crippen LogP contribution in [0.15, 0.2) is 18.2 Å². The van der Waals surface area contributed by atoms with Crippen molar-refractivity contribution in [1.29, 1.82) is 0 Å². The highest BCUT2D eigenvalue weighted by Gasteiger charge is 2.28. The van der Waals surface area contributed by atoms with Crippen molar-refractivity contribution >= 4 is 0 Å². The molecule has 0 radical (unpaired) electrons. The van der Waals surface area contributed by atoms with Gasteiger partial charge in [0.15, 0.2) is 0 Å². The first kappa shape index (κ1) is 12.0. The van der Waals surface area contributed by atoms with Crippen LogP contribution in [-0.4, -0.2) is 13.2 Å². The lowest BCUT2D eigenvalue weighted by molar-refractivity contribution is 0.345. The molecule has 98 valence electrons. The standard InChI is InChI=1S/C16H23NO/c1-2-9-17-15(11-12-6-7-12)14-5-3-4-13-8-10-18-16(13)14/h3-5,12,15,17H,2,6-11H2,1H3. The van der Waals surface area contributed by atoms with Crippen molar-refractivity contribution < 1.29 is 4.74 Å². The molecular formula is C16H23NO. The number of fused-ring (bicyclic) bond motifs is 1. The van der Waals surface area contributed by atoms with E-state index in [1.807, 2.05) is 0 Å². The molecule has 0 amide bonds. The zero-order chi connectivity index (χ0) is 12.4. The van der Waals surface area contributed by atoms with E-state index in [9.17, 15) is 0 Å². The van der Waals surface area contributed by atoms with E-state index in [4.69, 9.17) is 4.74 Å². The largest absolute Gasteiger partial charge is 0.493 e. The van der Waals surface area contributed by atoms with Crippen LogP contribution in [0.1, 0.15) is 49.8 Å². The van der Waals surface area contributed by atoms with Gasteiger partial charge in [0, 0.05) is 18.0 Å². The Hall–Kier alpha value is -1.02. The molecule has 1 aliphatic carbocycles. The summed E-state index contributed by atoms with van der Waals surface area (Å²) < 4.78 is 5.85. The molecule has 1 unspecified atom stereocenters. The van der Waals surface area contributed by atoms with Crippen LogP contribution in [0.3, 0.4) is 0 Å². The van der Waals surface area contributed by atoms with Crippen molar-refractivity contribution in [2.24, 2.45) is 5.92 Å². The van der Waals surface area contributed by atoms with Gasteiger partial charge in [-0.2, -0.15) is 0 Å². The Balaban J connectivity index is 1.81. The van der Waals surface area contributed by atoms with Crippen LogP contribution < -0.4 is 10.1 Å². The first-order valence-electron chi connectivity index (χ1n) is 7.36. The molecule has 2 nitrogen and oxygen atoms in total. The summed E-state index contributed by atoms with van der Waals surface area (Å²) in [4.78, 5) is 0. The highest BCUT2D eigenvalue weighted by molar-refractivity contribution is 5.45. The third-order valence-corrected chi connectivity index (χ3v) is 4.03. The molecule has 0 bridgehead atoms. The second-order valence-corrected chi connectivity index (χ2v) is 5.62. The Morgan fingerprint density at radius 1 is 1.39 bits per heavy atom. The van der Waals surface area contributed by atoms with Crippen LogP contribution in [0.5, 0.6) is 5.75 Å². The predicted octanol–water partition coefficient (Wildman–Crippen LogP) is 3.46. The van der Waals surface area contributed by atoms with E-state index in [2.05, 4.69) is 30.4 Å². The molecule has 1 aliphatic heterocycles. The van der Waals surface area contributed by atoms with Crippen LogP contribution in [0.4, 0.5) is 0 Å². The molecular weight excluding hydrogens is 222 g/mol. The highest BCUT2D eigenvalue weighted by Crippen LogP contribution is 2.41. The molecule has 2 heteroatoms. The molecule has 0 spiro atoms. The number of hydrogen-bond donors (Lipinski definition) is 1. The summed E-state index contributed by atoms with van der Waals surface area (Å²) in [6.45, 7) is 4.18. The smallest absolute Gasteiger partial charge is 0.127 e. The van der Waals surface area contributed by atoms with Crippen molar-refractivity contribution in [1.82, 2.24) is 5.32 Å². The first-order valence-corrected chi connectivity index (χ1v) is 7.36. The van der Waals surface area contributed by atoms with Gasteiger partial charge in [-0.05, 0) is 30.9 Å². The van der Waals surface area contributed by atoms with Gasteiger partial charge in [0.25, 0.3) is 0 Å². The Morgan fingerprint density at radius 2 is 2.28 bits per heavy atom. The van der Waals surface area contributed by atoms with Gasteiger partial charge in [-0.25, -0.2) is 0 Å². The average molecular weight is 245 g/mol. The third-order valence-electron chi connectivity index (χ3n) is 4.03. The van der Waals surface area contributed by atoms with E-state index in [0.29, 0.717) is 6.04 Å². The van der Waals surface area contributed by atoms with Crippen molar-refractivity contribution in [3.05, 3.63) is 29.3 Å². The van der Waals surface area contributed by atoms with Crippen LogP contribution in [0, 0.1) is 5.92 Å². The van der Waals surface area contributed by atoms with Crippen LogP contribution in [0.25, 0.3) is 0 Å². The van der Waals surface area contributed by atoms with E-state index in [1.165, 1.54) is 42.6 Å². The Labute approximate surface area is 110 Å². The summed E-state index contributed by atoms with van der Waals surface area (Å²) >= 11 is 0. The SMILES string of the molecule is CCCNC(CC1CC1)c1cccc2c1OCC2. The van der Waals surface area contributed by atoms with Crippen molar-refractivity contribution in [2.75, 3.05) is 13.2 Å². The van der Waals surface area contributed by atoms with Gasteiger partial charge < -0.3 is 10.1 Å². The van der Waals surface area contributed by atoms with Crippen LogP contribution in [0.2, 0.25) is 0 Å². The fraction of sp³-hybridized carbons (Fsp3) is 0.625. The minimum Gasteiger partial charge on any atom is -0.493 e. The maximum absolute atomic E-state index is 5.85. The van der Waals surface area contributed by atoms with E-state index < -0.39 is 0 Å².